The topological polar surface area (TPSA) is 136 Å². The smallest absolute Gasteiger partial charge is 0.399 e. The van der Waals surface area contributed by atoms with E-state index in [1.165, 1.54) is 30.3 Å². The molecule has 0 aliphatic carbocycles. The Morgan fingerprint density at radius 1 is 1.22 bits per heavy atom. The Kier molecular flexibility index (Phi) is 6.17. The molecule has 0 saturated carbocycles. The number of rotatable bonds is 5. The number of anilines is 1. The SMILES string of the molecule is C[C@H](N(Cc1ccc(F)cc1)C(=O)CN1C(=O)NC2(CS(O)(O)c3cc(N)ccc32)C1=O)C(F)(F)F. The Hall–Kier alpha value is -3.36. The second kappa shape index (κ2) is 8.64. The number of alkyl halides is 3. The summed E-state index contributed by atoms with van der Waals surface area (Å²) < 4.78 is 74.9. The van der Waals surface area contributed by atoms with E-state index in [1.54, 1.807) is 0 Å². The summed E-state index contributed by atoms with van der Waals surface area (Å²) in [5, 5.41) is 2.38. The summed E-state index contributed by atoms with van der Waals surface area (Å²) in [5.74, 6) is -3.42. The number of hydrogen-bond donors (Lipinski definition) is 4. The molecule has 2 heterocycles. The number of benzene rings is 2. The Bertz CT molecular complexity index is 1240. The Morgan fingerprint density at radius 3 is 2.47 bits per heavy atom. The number of imide groups is 1. The number of carbonyl (C=O) groups is 3. The molecule has 1 unspecified atom stereocenters. The van der Waals surface area contributed by atoms with E-state index in [0.29, 0.717) is 9.80 Å². The van der Waals surface area contributed by atoms with E-state index in [4.69, 9.17) is 5.73 Å². The molecule has 1 saturated heterocycles. The minimum atomic E-state index is -4.82. The van der Waals surface area contributed by atoms with Crippen molar-refractivity contribution in [3.63, 3.8) is 0 Å². The average Bonchev–Trinajstić information content (AvgIpc) is 3.15. The first-order chi connectivity index (χ1) is 16.7. The summed E-state index contributed by atoms with van der Waals surface area (Å²) >= 11 is 0. The van der Waals surface area contributed by atoms with Crippen molar-refractivity contribution in [3.8, 4) is 0 Å². The van der Waals surface area contributed by atoms with E-state index < -0.39 is 70.9 Å². The maximum Gasteiger partial charge on any atom is 0.408 e. The van der Waals surface area contributed by atoms with Gasteiger partial charge in [0, 0.05) is 17.8 Å². The zero-order chi connectivity index (χ0) is 26.6. The van der Waals surface area contributed by atoms with E-state index >= 15 is 0 Å². The zero-order valence-electron chi connectivity index (χ0n) is 18.8. The van der Waals surface area contributed by atoms with Crippen LogP contribution >= 0.6 is 10.6 Å². The lowest BCUT2D eigenvalue weighted by Gasteiger charge is -2.32. The van der Waals surface area contributed by atoms with Gasteiger partial charge in [-0.05, 0) is 36.8 Å². The number of hydrogen-bond acceptors (Lipinski definition) is 6. The van der Waals surface area contributed by atoms with E-state index in [0.717, 1.165) is 19.1 Å². The molecule has 194 valence electrons. The van der Waals surface area contributed by atoms with Gasteiger partial charge in [0.15, 0.2) is 5.54 Å². The van der Waals surface area contributed by atoms with Crippen molar-refractivity contribution in [2.45, 2.75) is 36.1 Å². The number of halogens is 4. The predicted molar refractivity (Wildman–Crippen MR) is 121 cm³/mol. The van der Waals surface area contributed by atoms with Crippen LogP contribution in [0.25, 0.3) is 0 Å². The van der Waals surface area contributed by atoms with Gasteiger partial charge in [0.25, 0.3) is 5.91 Å². The average molecular weight is 531 g/mol. The third-order valence-electron chi connectivity index (χ3n) is 6.23. The van der Waals surface area contributed by atoms with Crippen molar-refractivity contribution in [1.82, 2.24) is 15.1 Å². The largest absolute Gasteiger partial charge is 0.408 e. The van der Waals surface area contributed by atoms with Crippen molar-refractivity contribution in [1.29, 1.82) is 0 Å². The highest BCUT2D eigenvalue weighted by molar-refractivity contribution is 8.24. The van der Waals surface area contributed by atoms with Crippen LogP contribution in [0, 0.1) is 5.82 Å². The van der Waals surface area contributed by atoms with Crippen molar-refractivity contribution < 1.29 is 41.1 Å². The Morgan fingerprint density at radius 2 is 1.86 bits per heavy atom. The quantitative estimate of drug-likeness (QED) is 0.266. The molecular formula is C22H22F4N4O5S. The summed E-state index contributed by atoms with van der Waals surface area (Å²) in [7, 11) is -3.54. The summed E-state index contributed by atoms with van der Waals surface area (Å²) in [6, 6.07) is 5.14. The van der Waals surface area contributed by atoms with Gasteiger partial charge in [-0.15, -0.1) is 0 Å². The first kappa shape index (κ1) is 25.7. The standard InChI is InChI=1S/C22H22F4N4O5S/c1-12(22(24,25)26)29(9-13-2-4-14(23)5-3-13)18(31)10-30-19(32)21(28-20(30)33)11-36(34,35)17-8-15(27)6-7-16(17)21/h2-8,12,34-35H,9-11,27H2,1H3,(H,28,33)/t12-,21?/m0/s1. The van der Waals surface area contributed by atoms with Crippen LogP contribution in [-0.4, -0.2) is 61.3 Å². The fraction of sp³-hybridized carbons (Fsp3) is 0.318. The van der Waals surface area contributed by atoms with Gasteiger partial charge in [0.1, 0.15) is 18.4 Å². The minimum Gasteiger partial charge on any atom is -0.399 e. The molecule has 5 N–H and O–H groups in total. The molecular weight excluding hydrogens is 508 g/mol. The summed E-state index contributed by atoms with van der Waals surface area (Å²) in [6.45, 7) is -0.837. The van der Waals surface area contributed by atoms with Crippen LogP contribution in [0.1, 0.15) is 18.1 Å². The molecule has 2 aromatic carbocycles. The normalized spacial score (nSPS) is 22.4. The van der Waals surface area contributed by atoms with Gasteiger partial charge in [-0.1, -0.05) is 18.2 Å². The van der Waals surface area contributed by atoms with Gasteiger partial charge in [-0.3, -0.25) is 23.6 Å². The lowest BCUT2D eigenvalue weighted by Crippen LogP contribution is -2.51. The molecule has 0 bridgehead atoms. The van der Waals surface area contributed by atoms with Crippen molar-refractivity contribution in [2.75, 3.05) is 18.0 Å². The second-order valence-corrected chi connectivity index (χ2v) is 10.7. The fourth-order valence-electron chi connectivity index (χ4n) is 4.30. The minimum absolute atomic E-state index is 0.0343. The molecule has 4 amide bonds. The number of urea groups is 1. The predicted octanol–water partition coefficient (Wildman–Crippen LogP) is 3.26. The van der Waals surface area contributed by atoms with Gasteiger partial charge in [-0.2, -0.15) is 23.8 Å². The summed E-state index contributed by atoms with van der Waals surface area (Å²) in [5.41, 5.74) is 4.27. The number of nitrogens with zero attached hydrogens (tertiary/aromatic N) is 2. The first-order valence-electron chi connectivity index (χ1n) is 10.6. The van der Waals surface area contributed by atoms with Gasteiger partial charge in [0.2, 0.25) is 5.91 Å². The number of carbonyl (C=O) groups excluding carboxylic acids is 3. The molecule has 2 aromatic rings. The highest BCUT2D eigenvalue weighted by Crippen LogP contribution is 2.62. The third-order valence-corrected chi connectivity index (χ3v) is 8.11. The number of amides is 4. The number of fused-ring (bicyclic) bond motifs is 2. The van der Waals surface area contributed by atoms with Gasteiger partial charge in [0.05, 0.1) is 10.6 Å². The van der Waals surface area contributed by atoms with Gasteiger partial charge in [-0.25, -0.2) is 9.18 Å². The number of nitrogen functional groups attached to an aromatic ring is 1. The van der Waals surface area contributed by atoms with Crippen molar-refractivity contribution >= 4 is 34.1 Å². The lowest BCUT2D eigenvalue weighted by molar-refractivity contribution is -0.187. The number of nitrogens with two attached hydrogens (primary N) is 1. The Labute approximate surface area is 204 Å². The van der Waals surface area contributed by atoms with Crippen molar-refractivity contribution in [2.24, 2.45) is 0 Å². The molecule has 4 rings (SSSR count). The van der Waals surface area contributed by atoms with Crippen LogP contribution in [0.4, 0.5) is 28.0 Å². The lowest BCUT2D eigenvalue weighted by atomic mass is 9.92. The van der Waals surface area contributed by atoms with Gasteiger partial charge >= 0.3 is 12.2 Å². The molecule has 14 heteroatoms. The van der Waals surface area contributed by atoms with Crippen LogP contribution in [0.5, 0.6) is 0 Å². The van der Waals surface area contributed by atoms with Crippen molar-refractivity contribution in [3.05, 3.63) is 59.4 Å². The molecule has 1 spiro atoms. The van der Waals surface area contributed by atoms with Crippen LogP contribution in [0.3, 0.4) is 0 Å². The highest BCUT2D eigenvalue weighted by Gasteiger charge is 2.60. The van der Waals surface area contributed by atoms with E-state index in [-0.39, 0.29) is 21.7 Å². The molecule has 0 aromatic heterocycles. The van der Waals surface area contributed by atoms with E-state index in [2.05, 4.69) is 5.32 Å². The monoisotopic (exact) mass is 530 g/mol. The molecule has 9 nitrogen and oxygen atoms in total. The second-order valence-electron chi connectivity index (χ2n) is 8.66. The highest BCUT2D eigenvalue weighted by atomic mass is 32.3. The third kappa shape index (κ3) is 4.35. The summed E-state index contributed by atoms with van der Waals surface area (Å²) in [4.78, 5) is 40.0. The zero-order valence-corrected chi connectivity index (χ0v) is 19.6. The molecule has 2 atom stereocenters. The van der Waals surface area contributed by atoms with Crippen LogP contribution in [0.15, 0.2) is 47.4 Å². The maximum atomic E-state index is 13.5. The summed E-state index contributed by atoms with van der Waals surface area (Å²) in [6.07, 6.45) is -4.82. The van der Waals surface area contributed by atoms with Crippen LogP contribution in [-0.2, 0) is 21.7 Å². The molecule has 1 fully saturated rings. The molecule has 2 aliphatic heterocycles. The van der Waals surface area contributed by atoms with Crippen LogP contribution in [0.2, 0.25) is 0 Å². The Balaban J connectivity index is 1.63. The fourth-order valence-corrected chi connectivity index (χ4v) is 6.33. The molecule has 36 heavy (non-hydrogen) atoms. The number of nitrogens with one attached hydrogen (secondary N) is 1. The molecule has 2 aliphatic rings. The molecule has 0 radical (unpaired) electrons. The van der Waals surface area contributed by atoms with Gasteiger partial charge < -0.3 is 16.0 Å². The van der Waals surface area contributed by atoms with Crippen LogP contribution < -0.4 is 11.1 Å². The first-order valence-corrected chi connectivity index (χ1v) is 12.3. The van der Waals surface area contributed by atoms with E-state index in [9.17, 15) is 41.1 Å². The maximum absolute atomic E-state index is 13.5. The van der Waals surface area contributed by atoms with E-state index in [1.807, 2.05) is 0 Å².